The molecule has 0 spiro atoms. The minimum absolute atomic E-state index is 0.166. The molecular weight excluding hydrogens is 264 g/mol. The second-order valence-corrected chi connectivity index (χ2v) is 4.17. The van der Waals surface area contributed by atoms with Gasteiger partial charge in [0.1, 0.15) is 5.75 Å². The number of hydrogen-bond acceptors (Lipinski definition) is 5. The minimum atomic E-state index is -0.882. The zero-order chi connectivity index (χ0) is 14.7. The number of aromatic nitrogens is 2. The lowest BCUT2D eigenvalue weighted by Gasteiger charge is -1.99. The summed E-state index contributed by atoms with van der Waals surface area (Å²) >= 11 is 0. The summed E-state index contributed by atoms with van der Waals surface area (Å²) in [5.41, 5.74) is 5.79. The average molecular weight is 276 g/mol. The SMILES string of the molecule is NC(=O)c1cn(CCc2ccc(O)cc2)nc1[N+](=O)[O-]. The van der Waals surface area contributed by atoms with Gasteiger partial charge in [-0.05, 0) is 29.0 Å². The van der Waals surface area contributed by atoms with E-state index >= 15 is 0 Å². The molecule has 0 saturated heterocycles. The van der Waals surface area contributed by atoms with Gasteiger partial charge in [0.25, 0.3) is 5.91 Å². The number of phenolic OH excluding ortho intramolecular Hbond substituents is 1. The molecule has 20 heavy (non-hydrogen) atoms. The molecule has 2 aromatic rings. The minimum Gasteiger partial charge on any atom is -0.508 e. The molecule has 0 saturated carbocycles. The van der Waals surface area contributed by atoms with Gasteiger partial charge in [0.2, 0.25) is 0 Å². The zero-order valence-corrected chi connectivity index (χ0v) is 10.4. The van der Waals surface area contributed by atoms with E-state index in [0.29, 0.717) is 13.0 Å². The Morgan fingerprint density at radius 1 is 1.40 bits per heavy atom. The molecule has 8 heteroatoms. The van der Waals surface area contributed by atoms with E-state index in [2.05, 4.69) is 5.10 Å². The van der Waals surface area contributed by atoms with Crippen molar-refractivity contribution in [1.82, 2.24) is 9.78 Å². The maximum Gasteiger partial charge on any atom is 0.402 e. The molecule has 1 amide bonds. The maximum absolute atomic E-state index is 11.1. The molecular formula is C12H12N4O4. The number of benzene rings is 1. The maximum atomic E-state index is 11.1. The van der Waals surface area contributed by atoms with E-state index < -0.39 is 16.6 Å². The number of nitrogens with zero attached hydrogens (tertiary/aromatic N) is 3. The van der Waals surface area contributed by atoms with Crippen LogP contribution in [0.2, 0.25) is 0 Å². The highest BCUT2D eigenvalue weighted by Crippen LogP contribution is 2.16. The van der Waals surface area contributed by atoms with Crippen LogP contribution >= 0.6 is 0 Å². The van der Waals surface area contributed by atoms with Gasteiger partial charge in [-0.3, -0.25) is 4.79 Å². The van der Waals surface area contributed by atoms with Crippen LogP contribution in [-0.2, 0) is 13.0 Å². The average Bonchev–Trinajstić information content (AvgIpc) is 2.83. The van der Waals surface area contributed by atoms with Crippen LogP contribution in [0.4, 0.5) is 5.82 Å². The summed E-state index contributed by atoms with van der Waals surface area (Å²) < 4.78 is 1.31. The summed E-state index contributed by atoms with van der Waals surface area (Å²) in [4.78, 5) is 21.1. The van der Waals surface area contributed by atoms with Gasteiger partial charge >= 0.3 is 5.82 Å². The summed E-state index contributed by atoms with van der Waals surface area (Å²) in [6.45, 7) is 0.360. The molecule has 2 rings (SSSR count). The number of phenols is 1. The number of aromatic hydroxyl groups is 1. The second-order valence-electron chi connectivity index (χ2n) is 4.17. The fraction of sp³-hybridized carbons (Fsp3) is 0.167. The van der Waals surface area contributed by atoms with Gasteiger partial charge in [-0.25, -0.2) is 0 Å². The van der Waals surface area contributed by atoms with Crippen molar-refractivity contribution in [2.45, 2.75) is 13.0 Å². The summed E-state index contributed by atoms with van der Waals surface area (Å²) in [6, 6.07) is 6.58. The van der Waals surface area contributed by atoms with Crippen LogP contribution in [0.15, 0.2) is 30.5 Å². The molecule has 1 aromatic carbocycles. The Hall–Kier alpha value is -2.90. The largest absolute Gasteiger partial charge is 0.508 e. The fourth-order valence-corrected chi connectivity index (χ4v) is 1.74. The third-order valence-corrected chi connectivity index (χ3v) is 2.75. The molecule has 1 aromatic heterocycles. The molecule has 0 aliphatic rings. The van der Waals surface area contributed by atoms with Crippen LogP contribution < -0.4 is 5.73 Å². The van der Waals surface area contributed by atoms with Crippen molar-refractivity contribution in [3.05, 3.63) is 51.7 Å². The Morgan fingerprint density at radius 3 is 2.55 bits per heavy atom. The van der Waals surface area contributed by atoms with Crippen molar-refractivity contribution in [1.29, 1.82) is 0 Å². The van der Waals surface area contributed by atoms with Gasteiger partial charge in [-0.2, -0.15) is 4.68 Å². The monoisotopic (exact) mass is 276 g/mol. The van der Waals surface area contributed by atoms with E-state index in [9.17, 15) is 14.9 Å². The van der Waals surface area contributed by atoms with Gasteiger partial charge in [0.05, 0.1) is 17.8 Å². The zero-order valence-electron chi connectivity index (χ0n) is 10.4. The number of amides is 1. The highest BCUT2D eigenvalue weighted by atomic mass is 16.6. The van der Waals surface area contributed by atoms with Gasteiger partial charge in [-0.15, -0.1) is 0 Å². The molecule has 104 valence electrons. The number of carbonyl (C=O) groups excluding carboxylic acids is 1. The van der Waals surface area contributed by atoms with Crippen molar-refractivity contribution >= 4 is 11.7 Å². The van der Waals surface area contributed by atoms with E-state index in [1.54, 1.807) is 24.3 Å². The predicted molar refractivity (Wildman–Crippen MR) is 69.2 cm³/mol. The third kappa shape index (κ3) is 2.91. The van der Waals surface area contributed by atoms with Crippen molar-refractivity contribution in [3.63, 3.8) is 0 Å². The van der Waals surface area contributed by atoms with E-state index in [4.69, 9.17) is 10.8 Å². The van der Waals surface area contributed by atoms with E-state index in [0.717, 1.165) is 5.56 Å². The molecule has 0 radical (unpaired) electrons. The van der Waals surface area contributed by atoms with E-state index in [1.165, 1.54) is 10.9 Å². The van der Waals surface area contributed by atoms with Crippen LogP contribution in [0.5, 0.6) is 5.75 Å². The smallest absolute Gasteiger partial charge is 0.402 e. The first-order valence-electron chi connectivity index (χ1n) is 5.77. The first-order valence-corrected chi connectivity index (χ1v) is 5.77. The number of nitrogens with two attached hydrogens (primary N) is 1. The van der Waals surface area contributed by atoms with Crippen molar-refractivity contribution < 1.29 is 14.8 Å². The first kappa shape index (κ1) is 13.5. The van der Waals surface area contributed by atoms with Crippen LogP contribution in [0.1, 0.15) is 15.9 Å². The van der Waals surface area contributed by atoms with E-state index in [1.807, 2.05) is 0 Å². The Bertz CT molecular complexity index is 616. The Kier molecular flexibility index (Phi) is 3.65. The quantitative estimate of drug-likeness (QED) is 0.618. The summed E-state index contributed by atoms with van der Waals surface area (Å²) in [5, 5.41) is 23.6. The molecule has 1 heterocycles. The number of rotatable bonds is 5. The predicted octanol–water partition coefficient (Wildman–Crippen LogP) is 0.838. The first-order chi connectivity index (χ1) is 9.47. The Labute approximate surface area is 113 Å². The molecule has 8 nitrogen and oxygen atoms in total. The van der Waals surface area contributed by atoms with Gasteiger partial charge in [-0.1, -0.05) is 12.1 Å². The van der Waals surface area contributed by atoms with E-state index in [-0.39, 0.29) is 11.3 Å². The van der Waals surface area contributed by atoms with Gasteiger partial charge in [0.15, 0.2) is 5.56 Å². The molecule has 0 fully saturated rings. The van der Waals surface area contributed by atoms with Crippen molar-refractivity contribution in [2.75, 3.05) is 0 Å². The Balaban J connectivity index is 2.14. The third-order valence-electron chi connectivity index (χ3n) is 2.75. The topological polar surface area (TPSA) is 124 Å². The lowest BCUT2D eigenvalue weighted by molar-refractivity contribution is -0.390. The standard InChI is InChI=1S/C12H12N4O4/c13-11(18)10-7-15(14-12(10)16(19)20)6-5-8-1-3-9(17)4-2-8/h1-4,7,17H,5-6H2,(H2,13,18). The summed E-state index contributed by atoms with van der Waals surface area (Å²) in [6.07, 6.45) is 1.82. The fourth-order valence-electron chi connectivity index (χ4n) is 1.74. The number of primary amides is 1. The molecule has 0 bridgehead atoms. The molecule has 0 unspecified atom stereocenters. The highest BCUT2D eigenvalue weighted by Gasteiger charge is 2.24. The molecule has 0 aliphatic heterocycles. The molecule has 0 atom stereocenters. The number of hydrogen-bond donors (Lipinski definition) is 2. The normalized spacial score (nSPS) is 10.4. The van der Waals surface area contributed by atoms with Gasteiger partial charge < -0.3 is 21.0 Å². The van der Waals surface area contributed by atoms with Crippen LogP contribution in [0, 0.1) is 10.1 Å². The molecule has 0 aliphatic carbocycles. The summed E-state index contributed by atoms with van der Waals surface area (Å²) in [5.74, 6) is -1.25. The number of carbonyl (C=O) groups is 1. The lowest BCUT2D eigenvalue weighted by Crippen LogP contribution is -2.11. The molecule has 3 N–H and O–H groups in total. The van der Waals surface area contributed by atoms with Crippen LogP contribution in [0.3, 0.4) is 0 Å². The van der Waals surface area contributed by atoms with Crippen molar-refractivity contribution in [3.8, 4) is 5.75 Å². The Morgan fingerprint density at radius 2 is 2.05 bits per heavy atom. The lowest BCUT2D eigenvalue weighted by atomic mass is 10.1. The summed E-state index contributed by atoms with van der Waals surface area (Å²) in [7, 11) is 0. The highest BCUT2D eigenvalue weighted by molar-refractivity contribution is 5.95. The van der Waals surface area contributed by atoms with Gasteiger partial charge in [0, 0.05) is 0 Å². The van der Waals surface area contributed by atoms with Crippen molar-refractivity contribution in [2.24, 2.45) is 5.73 Å². The number of aryl methyl sites for hydroxylation is 2. The number of nitro groups is 1. The van der Waals surface area contributed by atoms with Crippen LogP contribution in [0.25, 0.3) is 0 Å². The second kappa shape index (κ2) is 5.39. The van der Waals surface area contributed by atoms with Crippen LogP contribution in [-0.4, -0.2) is 25.7 Å².